The van der Waals surface area contributed by atoms with Gasteiger partial charge in [-0.2, -0.15) is 0 Å². The molecule has 0 spiro atoms. The van der Waals surface area contributed by atoms with E-state index >= 15 is 0 Å². The summed E-state index contributed by atoms with van der Waals surface area (Å²) in [6, 6.07) is 6.49. The molecule has 1 aromatic rings. The van der Waals surface area contributed by atoms with Gasteiger partial charge >= 0.3 is 0 Å². The molecule has 0 amide bonds. The van der Waals surface area contributed by atoms with Gasteiger partial charge in [-0.3, -0.25) is 4.99 Å². The van der Waals surface area contributed by atoms with Crippen molar-refractivity contribution < 1.29 is 9.47 Å². The maximum absolute atomic E-state index is 5.53. The number of hydrogen-bond donors (Lipinski definition) is 2. The van der Waals surface area contributed by atoms with Crippen LogP contribution in [-0.2, 0) is 16.0 Å². The molecule has 0 unspecified atom stereocenters. The lowest BCUT2D eigenvalue weighted by atomic mass is 10.1. The van der Waals surface area contributed by atoms with Crippen molar-refractivity contribution in [2.24, 2.45) is 4.99 Å². The Bertz CT molecular complexity index is 490. The first-order valence-electron chi connectivity index (χ1n) is 8.83. The molecule has 24 heavy (non-hydrogen) atoms. The molecule has 0 aliphatic heterocycles. The van der Waals surface area contributed by atoms with Crippen LogP contribution in [-0.4, -0.2) is 46.0 Å². The number of ether oxygens (including phenoxy) is 2. The van der Waals surface area contributed by atoms with Crippen LogP contribution in [0, 0.1) is 13.8 Å². The van der Waals surface area contributed by atoms with E-state index in [1.165, 1.54) is 23.1 Å². The summed E-state index contributed by atoms with van der Waals surface area (Å²) in [5, 5.41) is 6.58. The molecule has 1 rings (SSSR count). The Labute approximate surface area is 146 Å². The van der Waals surface area contributed by atoms with Crippen LogP contribution in [0.15, 0.2) is 23.2 Å². The van der Waals surface area contributed by atoms with Gasteiger partial charge in [-0.1, -0.05) is 37.1 Å². The van der Waals surface area contributed by atoms with Crippen molar-refractivity contribution >= 4 is 5.96 Å². The third-order valence-corrected chi connectivity index (χ3v) is 3.72. The van der Waals surface area contributed by atoms with Crippen LogP contribution in [0.2, 0.25) is 0 Å². The molecule has 0 radical (unpaired) electrons. The van der Waals surface area contributed by atoms with Crippen LogP contribution in [0.5, 0.6) is 0 Å². The lowest BCUT2D eigenvalue weighted by molar-refractivity contribution is 0.0487. The Morgan fingerprint density at radius 2 is 1.79 bits per heavy atom. The summed E-state index contributed by atoms with van der Waals surface area (Å²) in [6.45, 7) is 10.7. The van der Waals surface area contributed by atoms with E-state index in [0.717, 1.165) is 32.1 Å². The quantitative estimate of drug-likeness (QED) is 0.371. The highest BCUT2D eigenvalue weighted by atomic mass is 16.5. The van der Waals surface area contributed by atoms with Crippen LogP contribution >= 0.6 is 0 Å². The van der Waals surface area contributed by atoms with Crippen LogP contribution in [0.25, 0.3) is 0 Å². The second-order valence-electron chi connectivity index (χ2n) is 5.86. The van der Waals surface area contributed by atoms with E-state index in [0.29, 0.717) is 19.8 Å². The van der Waals surface area contributed by atoms with Gasteiger partial charge < -0.3 is 20.1 Å². The number of benzene rings is 1. The van der Waals surface area contributed by atoms with Gasteiger partial charge in [-0.15, -0.1) is 0 Å². The molecule has 0 saturated carbocycles. The van der Waals surface area contributed by atoms with Gasteiger partial charge in [-0.05, 0) is 31.4 Å². The summed E-state index contributed by atoms with van der Waals surface area (Å²) >= 11 is 0. The molecule has 0 heterocycles. The minimum Gasteiger partial charge on any atom is -0.379 e. The highest BCUT2D eigenvalue weighted by Crippen LogP contribution is 2.09. The lowest BCUT2D eigenvalue weighted by Crippen LogP contribution is -2.38. The smallest absolute Gasteiger partial charge is 0.191 e. The summed E-state index contributed by atoms with van der Waals surface area (Å²) in [5.74, 6) is 0.790. The number of nitrogens with one attached hydrogen (secondary N) is 2. The summed E-state index contributed by atoms with van der Waals surface area (Å²) < 4.78 is 11.0. The second kappa shape index (κ2) is 12.8. The Hall–Kier alpha value is -1.59. The highest BCUT2D eigenvalue weighted by Gasteiger charge is 2.01. The van der Waals surface area contributed by atoms with Crippen molar-refractivity contribution in [3.63, 3.8) is 0 Å². The predicted octanol–water partition coefficient (Wildman–Crippen LogP) is 2.80. The van der Waals surface area contributed by atoms with Gasteiger partial charge in [-0.25, -0.2) is 0 Å². The second-order valence-corrected chi connectivity index (χ2v) is 5.86. The molecule has 0 fully saturated rings. The van der Waals surface area contributed by atoms with E-state index in [1.807, 2.05) is 0 Å². The number of aliphatic imine (C=N–C) groups is 1. The summed E-state index contributed by atoms with van der Waals surface area (Å²) in [5.41, 5.74) is 3.86. The van der Waals surface area contributed by atoms with Crippen molar-refractivity contribution in [3.8, 4) is 0 Å². The Morgan fingerprint density at radius 1 is 1.04 bits per heavy atom. The van der Waals surface area contributed by atoms with Crippen molar-refractivity contribution in [2.45, 2.75) is 40.2 Å². The standard InChI is InChI=1S/C19H33N3O2/c1-5-6-10-23-12-13-24-11-9-21-19(20-4)22-15-18-8-7-16(2)14-17(18)3/h7-8,14H,5-6,9-13,15H2,1-4H3,(H2,20,21,22). The summed E-state index contributed by atoms with van der Waals surface area (Å²) in [4.78, 5) is 4.23. The largest absolute Gasteiger partial charge is 0.379 e. The van der Waals surface area contributed by atoms with Gasteiger partial charge in [0.05, 0.1) is 19.8 Å². The third-order valence-electron chi connectivity index (χ3n) is 3.72. The van der Waals surface area contributed by atoms with E-state index in [4.69, 9.17) is 9.47 Å². The molecule has 1 aromatic carbocycles. The molecule has 0 aliphatic rings. The molecule has 0 aromatic heterocycles. The Kier molecular flexibility index (Phi) is 10.9. The van der Waals surface area contributed by atoms with Crippen molar-refractivity contribution in [2.75, 3.05) is 40.0 Å². The minimum absolute atomic E-state index is 0.639. The number of aryl methyl sites for hydroxylation is 2. The zero-order chi connectivity index (χ0) is 17.6. The fourth-order valence-corrected chi connectivity index (χ4v) is 2.25. The number of nitrogens with zero attached hydrogens (tertiary/aromatic N) is 1. The molecule has 2 N–H and O–H groups in total. The molecular formula is C19H33N3O2. The topological polar surface area (TPSA) is 54.9 Å². The van der Waals surface area contributed by atoms with Crippen LogP contribution in [0.1, 0.15) is 36.5 Å². The first-order chi connectivity index (χ1) is 11.7. The van der Waals surface area contributed by atoms with E-state index in [9.17, 15) is 0 Å². The first-order valence-corrected chi connectivity index (χ1v) is 8.83. The number of hydrogen-bond acceptors (Lipinski definition) is 3. The van der Waals surface area contributed by atoms with Crippen molar-refractivity contribution in [3.05, 3.63) is 34.9 Å². The zero-order valence-electron chi connectivity index (χ0n) is 15.7. The van der Waals surface area contributed by atoms with E-state index in [-0.39, 0.29) is 0 Å². The van der Waals surface area contributed by atoms with Gasteiger partial charge in [0, 0.05) is 26.7 Å². The SMILES string of the molecule is CCCCOCCOCCNC(=NC)NCc1ccc(C)cc1C. The van der Waals surface area contributed by atoms with E-state index in [2.05, 4.69) is 54.6 Å². The number of rotatable bonds is 11. The van der Waals surface area contributed by atoms with Crippen molar-refractivity contribution in [1.82, 2.24) is 10.6 Å². The number of guanidine groups is 1. The van der Waals surface area contributed by atoms with Gasteiger partial charge in [0.25, 0.3) is 0 Å². The molecule has 0 bridgehead atoms. The fourth-order valence-electron chi connectivity index (χ4n) is 2.25. The van der Waals surface area contributed by atoms with Gasteiger partial charge in [0.2, 0.25) is 0 Å². The normalized spacial score (nSPS) is 11.6. The molecule has 5 nitrogen and oxygen atoms in total. The summed E-state index contributed by atoms with van der Waals surface area (Å²) in [6.07, 6.45) is 2.28. The first kappa shape index (κ1) is 20.5. The predicted molar refractivity (Wildman–Crippen MR) is 101 cm³/mol. The number of unbranched alkanes of at least 4 members (excludes halogenated alkanes) is 1. The van der Waals surface area contributed by atoms with E-state index in [1.54, 1.807) is 7.05 Å². The van der Waals surface area contributed by atoms with Crippen LogP contribution in [0.3, 0.4) is 0 Å². The molecule has 136 valence electrons. The van der Waals surface area contributed by atoms with Gasteiger partial charge in [0.1, 0.15) is 0 Å². The molecule has 0 atom stereocenters. The molecule has 0 aliphatic carbocycles. The monoisotopic (exact) mass is 335 g/mol. The van der Waals surface area contributed by atoms with Crippen LogP contribution in [0.4, 0.5) is 0 Å². The fraction of sp³-hybridized carbons (Fsp3) is 0.632. The average molecular weight is 335 g/mol. The minimum atomic E-state index is 0.639. The van der Waals surface area contributed by atoms with Gasteiger partial charge in [0.15, 0.2) is 5.96 Å². The molecule has 0 saturated heterocycles. The van der Waals surface area contributed by atoms with Crippen LogP contribution < -0.4 is 10.6 Å². The summed E-state index contributed by atoms with van der Waals surface area (Å²) in [7, 11) is 1.78. The Balaban J connectivity index is 2.12. The highest BCUT2D eigenvalue weighted by molar-refractivity contribution is 5.79. The van der Waals surface area contributed by atoms with Crippen molar-refractivity contribution in [1.29, 1.82) is 0 Å². The zero-order valence-corrected chi connectivity index (χ0v) is 15.7. The maximum atomic E-state index is 5.53. The molecular weight excluding hydrogens is 302 g/mol. The average Bonchev–Trinajstić information content (AvgIpc) is 2.57. The third kappa shape index (κ3) is 8.89. The Morgan fingerprint density at radius 3 is 2.46 bits per heavy atom. The maximum Gasteiger partial charge on any atom is 0.191 e. The molecule has 5 heteroatoms. The lowest BCUT2D eigenvalue weighted by Gasteiger charge is -2.13. The van der Waals surface area contributed by atoms with E-state index < -0.39 is 0 Å².